The van der Waals surface area contributed by atoms with Gasteiger partial charge in [-0.3, -0.25) is 0 Å². The molecule has 0 amide bonds. The zero-order valence-corrected chi connectivity index (χ0v) is 11.6. The molecule has 2 N–H and O–H groups in total. The van der Waals surface area contributed by atoms with Gasteiger partial charge < -0.3 is 15.2 Å². The molecule has 0 bridgehead atoms. The van der Waals surface area contributed by atoms with Crippen LogP contribution in [0, 0.1) is 0 Å². The van der Waals surface area contributed by atoms with E-state index in [-0.39, 0.29) is 12.1 Å². The quantitative estimate of drug-likeness (QED) is 0.929. The summed E-state index contributed by atoms with van der Waals surface area (Å²) in [4.78, 5) is 0. The van der Waals surface area contributed by atoms with Crippen LogP contribution in [0.2, 0.25) is 0 Å². The van der Waals surface area contributed by atoms with E-state index in [4.69, 9.17) is 15.2 Å². The Bertz CT molecular complexity index is 378. The number of ether oxygens (including phenoxy) is 2. The van der Waals surface area contributed by atoms with E-state index in [1.165, 1.54) is 5.56 Å². The Morgan fingerprint density at radius 2 is 2.41 bits per heavy atom. The summed E-state index contributed by atoms with van der Waals surface area (Å²) < 4.78 is 11.8. The van der Waals surface area contributed by atoms with E-state index in [1.54, 1.807) is 7.11 Å². The highest BCUT2D eigenvalue weighted by Gasteiger charge is 2.23. The van der Waals surface area contributed by atoms with Gasteiger partial charge in [0.05, 0.1) is 17.7 Å². The highest BCUT2D eigenvalue weighted by atomic mass is 79.9. The number of halogens is 1. The van der Waals surface area contributed by atoms with Crippen molar-refractivity contribution in [2.75, 3.05) is 13.7 Å². The van der Waals surface area contributed by atoms with E-state index < -0.39 is 0 Å². The maximum Gasteiger partial charge on any atom is 0.133 e. The summed E-state index contributed by atoms with van der Waals surface area (Å²) in [6, 6.07) is 6.16. The van der Waals surface area contributed by atoms with E-state index in [2.05, 4.69) is 28.1 Å². The Morgan fingerprint density at radius 3 is 3.00 bits per heavy atom. The molecule has 1 aromatic carbocycles. The van der Waals surface area contributed by atoms with Gasteiger partial charge in [0, 0.05) is 12.6 Å². The summed E-state index contributed by atoms with van der Waals surface area (Å²) in [7, 11) is 1.66. The van der Waals surface area contributed by atoms with E-state index in [0.29, 0.717) is 0 Å². The molecule has 1 heterocycles. The molecule has 2 rings (SSSR count). The Morgan fingerprint density at radius 1 is 1.59 bits per heavy atom. The topological polar surface area (TPSA) is 44.5 Å². The molecule has 4 heteroatoms. The van der Waals surface area contributed by atoms with Gasteiger partial charge in [-0.2, -0.15) is 0 Å². The maximum absolute atomic E-state index is 6.16. The van der Waals surface area contributed by atoms with Crippen LogP contribution in [0.5, 0.6) is 5.75 Å². The lowest BCUT2D eigenvalue weighted by Crippen LogP contribution is -2.36. The lowest BCUT2D eigenvalue weighted by Gasteiger charge is -2.18. The van der Waals surface area contributed by atoms with Gasteiger partial charge in [0.1, 0.15) is 5.75 Å². The first-order valence-corrected chi connectivity index (χ1v) is 6.69. The second kappa shape index (κ2) is 5.85. The molecule has 1 aliphatic heterocycles. The Kier molecular flexibility index (Phi) is 4.42. The first-order chi connectivity index (χ1) is 8.20. The number of rotatable bonds is 4. The zero-order chi connectivity index (χ0) is 12.3. The van der Waals surface area contributed by atoms with Crippen LogP contribution in [-0.2, 0) is 11.2 Å². The van der Waals surface area contributed by atoms with E-state index in [9.17, 15) is 0 Å². The fourth-order valence-corrected chi connectivity index (χ4v) is 2.77. The van der Waals surface area contributed by atoms with Crippen LogP contribution < -0.4 is 10.5 Å². The van der Waals surface area contributed by atoms with Gasteiger partial charge in [0.25, 0.3) is 0 Å². The van der Waals surface area contributed by atoms with E-state index in [1.807, 2.05) is 6.07 Å². The minimum atomic E-state index is 0.0813. The van der Waals surface area contributed by atoms with Crippen LogP contribution in [0.4, 0.5) is 0 Å². The number of hydrogen-bond donors (Lipinski definition) is 1. The minimum Gasteiger partial charge on any atom is -0.496 e. The molecule has 0 radical (unpaired) electrons. The molecule has 3 nitrogen and oxygen atoms in total. The largest absolute Gasteiger partial charge is 0.496 e. The molecule has 0 aromatic heterocycles. The van der Waals surface area contributed by atoms with Crippen molar-refractivity contribution in [3.63, 3.8) is 0 Å². The number of hydrogen-bond acceptors (Lipinski definition) is 3. The van der Waals surface area contributed by atoms with Gasteiger partial charge in [-0.25, -0.2) is 0 Å². The normalized spacial score (nSPS) is 21.5. The van der Waals surface area contributed by atoms with Crippen molar-refractivity contribution in [3.05, 3.63) is 28.2 Å². The standard InChI is InChI=1S/C13H18BrNO2/c1-16-12-5-4-9(7-10(12)14)8-11(15)13-3-2-6-17-13/h4-5,7,11,13H,2-3,6,8,15H2,1H3. The number of benzene rings is 1. The van der Waals surface area contributed by atoms with Gasteiger partial charge in [0.15, 0.2) is 0 Å². The van der Waals surface area contributed by atoms with Gasteiger partial charge in [0.2, 0.25) is 0 Å². The highest BCUT2D eigenvalue weighted by molar-refractivity contribution is 9.10. The van der Waals surface area contributed by atoms with Crippen molar-refractivity contribution >= 4 is 15.9 Å². The monoisotopic (exact) mass is 299 g/mol. The summed E-state index contributed by atoms with van der Waals surface area (Å²) >= 11 is 3.48. The van der Waals surface area contributed by atoms with Gasteiger partial charge in [-0.15, -0.1) is 0 Å². The third kappa shape index (κ3) is 3.21. The van der Waals surface area contributed by atoms with Gasteiger partial charge in [-0.05, 0) is 52.9 Å². The van der Waals surface area contributed by atoms with Crippen LogP contribution in [0.1, 0.15) is 18.4 Å². The lowest BCUT2D eigenvalue weighted by atomic mass is 10.0. The maximum atomic E-state index is 6.16. The Hall–Kier alpha value is -0.580. The Labute approximate surface area is 110 Å². The molecule has 2 unspecified atom stereocenters. The molecular weight excluding hydrogens is 282 g/mol. The molecule has 1 aliphatic rings. The zero-order valence-electron chi connectivity index (χ0n) is 9.99. The Balaban J connectivity index is 2.00. The van der Waals surface area contributed by atoms with Gasteiger partial charge in [-0.1, -0.05) is 6.07 Å². The molecule has 94 valence electrons. The molecule has 17 heavy (non-hydrogen) atoms. The first-order valence-electron chi connectivity index (χ1n) is 5.90. The molecule has 1 aromatic rings. The van der Waals surface area contributed by atoms with Crippen molar-refractivity contribution in [2.45, 2.75) is 31.4 Å². The summed E-state index contributed by atoms with van der Waals surface area (Å²) in [6.07, 6.45) is 3.27. The third-order valence-corrected chi connectivity index (χ3v) is 3.75. The van der Waals surface area contributed by atoms with Crippen molar-refractivity contribution in [3.8, 4) is 5.75 Å². The summed E-state index contributed by atoms with van der Waals surface area (Å²) in [6.45, 7) is 0.852. The summed E-state index contributed by atoms with van der Waals surface area (Å²) in [5.41, 5.74) is 7.37. The average Bonchev–Trinajstić information content (AvgIpc) is 2.82. The summed E-state index contributed by atoms with van der Waals surface area (Å²) in [5, 5.41) is 0. The van der Waals surface area contributed by atoms with Crippen molar-refractivity contribution in [1.82, 2.24) is 0 Å². The molecule has 2 atom stereocenters. The number of nitrogens with two attached hydrogens (primary N) is 1. The van der Waals surface area contributed by atoms with Crippen LogP contribution in [-0.4, -0.2) is 25.9 Å². The van der Waals surface area contributed by atoms with Crippen LogP contribution in [0.25, 0.3) is 0 Å². The second-order valence-corrected chi connectivity index (χ2v) is 5.24. The van der Waals surface area contributed by atoms with E-state index >= 15 is 0 Å². The van der Waals surface area contributed by atoms with Crippen LogP contribution in [0.3, 0.4) is 0 Å². The molecular formula is C13H18BrNO2. The lowest BCUT2D eigenvalue weighted by molar-refractivity contribution is 0.0900. The molecule has 1 saturated heterocycles. The molecule has 0 saturated carbocycles. The highest BCUT2D eigenvalue weighted by Crippen LogP contribution is 2.26. The first kappa shape index (κ1) is 12.9. The second-order valence-electron chi connectivity index (χ2n) is 4.39. The van der Waals surface area contributed by atoms with Crippen LogP contribution in [0.15, 0.2) is 22.7 Å². The SMILES string of the molecule is COc1ccc(CC(N)C2CCCO2)cc1Br. The van der Waals surface area contributed by atoms with Crippen molar-refractivity contribution in [1.29, 1.82) is 0 Å². The molecule has 1 fully saturated rings. The van der Waals surface area contributed by atoms with Gasteiger partial charge >= 0.3 is 0 Å². The number of methoxy groups -OCH3 is 1. The minimum absolute atomic E-state index is 0.0813. The van der Waals surface area contributed by atoms with E-state index in [0.717, 1.165) is 36.1 Å². The predicted octanol–water partition coefficient (Wildman–Crippen LogP) is 2.51. The summed E-state index contributed by atoms with van der Waals surface area (Å²) in [5.74, 6) is 0.847. The molecule has 0 spiro atoms. The average molecular weight is 300 g/mol. The third-order valence-electron chi connectivity index (χ3n) is 3.13. The van der Waals surface area contributed by atoms with Crippen molar-refractivity contribution in [2.24, 2.45) is 5.73 Å². The predicted molar refractivity (Wildman–Crippen MR) is 71.3 cm³/mol. The van der Waals surface area contributed by atoms with Crippen molar-refractivity contribution < 1.29 is 9.47 Å². The van der Waals surface area contributed by atoms with Crippen LogP contribution >= 0.6 is 15.9 Å². The fraction of sp³-hybridized carbons (Fsp3) is 0.538. The smallest absolute Gasteiger partial charge is 0.133 e. The fourth-order valence-electron chi connectivity index (χ4n) is 2.18. The molecule has 0 aliphatic carbocycles.